The Morgan fingerprint density at radius 3 is 2.55 bits per heavy atom. The van der Waals surface area contributed by atoms with E-state index in [1.165, 1.54) is 6.07 Å². The van der Waals surface area contributed by atoms with Crippen molar-refractivity contribution in [1.82, 2.24) is 0 Å². The van der Waals surface area contributed by atoms with Crippen molar-refractivity contribution >= 4 is 0 Å². The van der Waals surface area contributed by atoms with Gasteiger partial charge in [0.15, 0.2) is 17.9 Å². The van der Waals surface area contributed by atoms with Gasteiger partial charge in [0.1, 0.15) is 0 Å². The largest absolute Gasteiger partial charge is 0.352 e. The van der Waals surface area contributed by atoms with E-state index in [-0.39, 0.29) is 6.29 Å². The zero-order valence-corrected chi connectivity index (χ0v) is 11.5. The summed E-state index contributed by atoms with van der Waals surface area (Å²) in [5.41, 5.74) is 0.755. The maximum Gasteiger partial charge on any atom is 0.159 e. The van der Waals surface area contributed by atoms with Crippen LogP contribution in [0.15, 0.2) is 30.9 Å². The number of hydrogen-bond acceptors (Lipinski definition) is 2. The SMILES string of the molecule is C=CCCC1COC(CCc2ccc(F)c(F)c2)OC1. The molecule has 1 saturated heterocycles. The lowest BCUT2D eigenvalue weighted by atomic mass is 10.0. The second kappa shape index (κ2) is 7.50. The number of hydrogen-bond donors (Lipinski definition) is 0. The van der Waals surface area contributed by atoms with E-state index >= 15 is 0 Å². The van der Waals surface area contributed by atoms with Gasteiger partial charge < -0.3 is 9.47 Å². The van der Waals surface area contributed by atoms with Gasteiger partial charge in [0.25, 0.3) is 0 Å². The molecule has 1 heterocycles. The minimum atomic E-state index is -0.816. The summed E-state index contributed by atoms with van der Waals surface area (Å²) in [5, 5.41) is 0. The van der Waals surface area contributed by atoms with Crippen molar-refractivity contribution in [2.75, 3.05) is 13.2 Å². The van der Waals surface area contributed by atoms with Crippen LogP contribution in [-0.2, 0) is 15.9 Å². The normalized spacial score (nSPS) is 22.7. The lowest BCUT2D eigenvalue weighted by Gasteiger charge is -2.29. The molecule has 20 heavy (non-hydrogen) atoms. The van der Waals surface area contributed by atoms with Crippen molar-refractivity contribution in [3.8, 4) is 0 Å². The van der Waals surface area contributed by atoms with Gasteiger partial charge in [-0.05, 0) is 37.0 Å². The Labute approximate surface area is 118 Å². The molecular formula is C16H20F2O2. The molecule has 0 N–H and O–H groups in total. The number of aryl methyl sites for hydroxylation is 1. The third-order valence-corrected chi connectivity index (χ3v) is 3.47. The molecule has 0 aromatic heterocycles. The highest BCUT2D eigenvalue weighted by atomic mass is 19.2. The molecule has 0 bridgehead atoms. The highest BCUT2D eigenvalue weighted by Crippen LogP contribution is 2.20. The predicted molar refractivity (Wildman–Crippen MR) is 73.3 cm³/mol. The van der Waals surface area contributed by atoms with Crippen LogP contribution >= 0.6 is 0 Å². The Balaban J connectivity index is 1.73. The third-order valence-electron chi connectivity index (χ3n) is 3.47. The minimum absolute atomic E-state index is 0.247. The summed E-state index contributed by atoms with van der Waals surface area (Å²) in [4.78, 5) is 0. The molecule has 4 heteroatoms. The summed E-state index contributed by atoms with van der Waals surface area (Å²) >= 11 is 0. The maximum atomic E-state index is 13.1. The first kappa shape index (κ1) is 15.1. The van der Waals surface area contributed by atoms with Crippen LogP contribution in [0.1, 0.15) is 24.8 Å². The fourth-order valence-electron chi connectivity index (χ4n) is 2.25. The maximum absolute atomic E-state index is 13.1. The van der Waals surface area contributed by atoms with Gasteiger partial charge in [-0.2, -0.15) is 0 Å². The number of rotatable bonds is 6. The molecule has 2 rings (SSSR count). The topological polar surface area (TPSA) is 18.5 Å². The molecule has 0 aliphatic carbocycles. The Morgan fingerprint density at radius 2 is 1.90 bits per heavy atom. The first-order valence-corrected chi connectivity index (χ1v) is 6.97. The Hall–Kier alpha value is -1.26. The van der Waals surface area contributed by atoms with Crippen LogP contribution in [0.25, 0.3) is 0 Å². The number of halogens is 2. The lowest BCUT2D eigenvalue weighted by Crippen LogP contribution is -2.32. The van der Waals surface area contributed by atoms with E-state index in [2.05, 4.69) is 6.58 Å². The first-order chi connectivity index (χ1) is 9.69. The summed E-state index contributed by atoms with van der Waals surface area (Å²) in [6.45, 7) is 5.08. The summed E-state index contributed by atoms with van der Waals surface area (Å²) < 4.78 is 37.2. The zero-order valence-electron chi connectivity index (χ0n) is 11.5. The molecule has 0 atom stereocenters. The monoisotopic (exact) mass is 282 g/mol. The first-order valence-electron chi connectivity index (χ1n) is 6.97. The van der Waals surface area contributed by atoms with Gasteiger partial charge in [0.05, 0.1) is 13.2 Å². The van der Waals surface area contributed by atoms with E-state index in [1.807, 2.05) is 6.08 Å². The van der Waals surface area contributed by atoms with Crippen molar-refractivity contribution in [2.24, 2.45) is 5.92 Å². The van der Waals surface area contributed by atoms with Crippen LogP contribution in [0, 0.1) is 17.6 Å². The predicted octanol–water partition coefficient (Wildman–Crippen LogP) is 3.85. The average Bonchev–Trinajstić information content (AvgIpc) is 2.47. The van der Waals surface area contributed by atoms with Gasteiger partial charge in [-0.15, -0.1) is 6.58 Å². The standard InChI is InChI=1S/C16H20F2O2/c1-2-3-4-13-10-19-16(20-11-13)8-6-12-5-7-14(17)15(18)9-12/h2,5,7,9,13,16H,1,3-4,6,8,10-11H2. The summed E-state index contributed by atoms with van der Waals surface area (Å²) in [6, 6.07) is 3.97. The van der Waals surface area contributed by atoms with E-state index in [1.54, 1.807) is 6.07 Å². The van der Waals surface area contributed by atoms with Gasteiger partial charge in [-0.25, -0.2) is 8.78 Å². The summed E-state index contributed by atoms with van der Waals surface area (Å²) in [5.74, 6) is -1.20. The van der Waals surface area contributed by atoms with Crippen LogP contribution in [0.4, 0.5) is 8.78 Å². The molecular weight excluding hydrogens is 262 g/mol. The van der Waals surface area contributed by atoms with E-state index in [9.17, 15) is 8.78 Å². The van der Waals surface area contributed by atoms with Crippen LogP contribution in [0.5, 0.6) is 0 Å². The molecule has 1 aromatic carbocycles. The molecule has 0 radical (unpaired) electrons. The van der Waals surface area contributed by atoms with Crippen LogP contribution < -0.4 is 0 Å². The van der Waals surface area contributed by atoms with Crippen LogP contribution in [0.2, 0.25) is 0 Å². The van der Waals surface area contributed by atoms with E-state index in [0.29, 0.717) is 32.0 Å². The number of allylic oxidation sites excluding steroid dienone is 1. The van der Waals surface area contributed by atoms with Gasteiger partial charge in [-0.1, -0.05) is 12.1 Å². The third kappa shape index (κ3) is 4.39. The van der Waals surface area contributed by atoms with Gasteiger partial charge >= 0.3 is 0 Å². The molecule has 1 aliphatic rings. The van der Waals surface area contributed by atoms with Gasteiger partial charge in [-0.3, -0.25) is 0 Å². The van der Waals surface area contributed by atoms with E-state index in [4.69, 9.17) is 9.47 Å². The molecule has 0 amide bonds. The lowest BCUT2D eigenvalue weighted by molar-refractivity contribution is -0.203. The Kier molecular flexibility index (Phi) is 5.68. The summed E-state index contributed by atoms with van der Waals surface area (Å²) in [6.07, 6.45) is 4.91. The Morgan fingerprint density at radius 1 is 1.15 bits per heavy atom. The minimum Gasteiger partial charge on any atom is -0.352 e. The average molecular weight is 282 g/mol. The van der Waals surface area contributed by atoms with Crippen molar-refractivity contribution in [3.63, 3.8) is 0 Å². The molecule has 110 valence electrons. The molecule has 2 nitrogen and oxygen atoms in total. The van der Waals surface area contributed by atoms with Crippen LogP contribution in [-0.4, -0.2) is 19.5 Å². The van der Waals surface area contributed by atoms with E-state index in [0.717, 1.165) is 24.5 Å². The molecule has 0 spiro atoms. The Bertz CT molecular complexity index is 440. The second-order valence-corrected chi connectivity index (χ2v) is 5.12. The second-order valence-electron chi connectivity index (χ2n) is 5.12. The quantitative estimate of drug-likeness (QED) is 0.738. The molecule has 1 aliphatic heterocycles. The zero-order chi connectivity index (χ0) is 14.4. The highest BCUT2D eigenvalue weighted by Gasteiger charge is 2.21. The van der Waals surface area contributed by atoms with Crippen molar-refractivity contribution in [1.29, 1.82) is 0 Å². The van der Waals surface area contributed by atoms with Crippen molar-refractivity contribution < 1.29 is 18.3 Å². The molecule has 0 saturated carbocycles. The number of ether oxygens (including phenoxy) is 2. The van der Waals surface area contributed by atoms with Gasteiger partial charge in [0, 0.05) is 12.3 Å². The molecule has 1 aromatic rings. The van der Waals surface area contributed by atoms with Gasteiger partial charge in [0.2, 0.25) is 0 Å². The molecule has 0 unspecified atom stereocenters. The fourth-order valence-corrected chi connectivity index (χ4v) is 2.25. The smallest absolute Gasteiger partial charge is 0.159 e. The van der Waals surface area contributed by atoms with E-state index < -0.39 is 11.6 Å². The fraction of sp³-hybridized carbons (Fsp3) is 0.500. The van der Waals surface area contributed by atoms with Crippen LogP contribution in [0.3, 0.4) is 0 Å². The summed E-state index contributed by atoms with van der Waals surface area (Å²) in [7, 11) is 0. The van der Waals surface area contributed by atoms with Crippen molar-refractivity contribution in [3.05, 3.63) is 48.1 Å². The highest BCUT2D eigenvalue weighted by molar-refractivity contribution is 5.17. The molecule has 1 fully saturated rings. The number of benzene rings is 1. The van der Waals surface area contributed by atoms with Crippen molar-refractivity contribution in [2.45, 2.75) is 32.0 Å².